The summed E-state index contributed by atoms with van der Waals surface area (Å²) < 4.78 is 5.18. The van der Waals surface area contributed by atoms with Crippen LogP contribution in [0.3, 0.4) is 0 Å². The predicted octanol–water partition coefficient (Wildman–Crippen LogP) is 1.55. The number of nitrogens with two attached hydrogens (primary N) is 1. The Morgan fingerprint density at radius 3 is 2.93 bits per heavy atom. The van der Waals surface area contributed by atoms with Crippen molar-refractivity contribution in [3.05, 3.63) is 22.7 Å². The van der Waals surface area contributed by atoms with Crippen molar-refractivity contribution in [1.82, 2.24) is 0 Å². The molecule has 0 fully saturated rings. The van der Waals surface area contributed by atoms with Gasteiger partial charge in [0.2, 0.25) is 0 Å². The van der Waals surface area contributed by atoms with Crippen LogP contribution in [0.2, 0.25) is 5.02 Å². The van der Waals surface area contributed by atoms with Crippen LogP contribution in [0.5, 0.6) is 5.75 Å². The van der Waals surface area contributed by atoms with E-state index in [9.17, 15) is 4.79 Å². The number of hydrogen-bond donors (Lipinski definition) is 2. The molecule has 1 aromatic carbocycles. The molecule has 1 aliphatic rings. The van der Waals surface area contributed by atoms with Gasteiger partial charge in [-0.1, -0.05) is 11.6 Å². The average molecular weight is 249 g/mol. The minimum absolute atomic E-state index is 0. The van der Waals surface area contributed by atoms with Crippen LogP contribution in [0.4, 0.5) is 5.69 Å². The number of rotatable bonds is 1. The lowest BCUT2D eigenvalue weighted by Gasteiger charge is -2.19. The molecule has 0 aliphatic carbocycles. The largest absolute Gasteiger partial charge is 0.482 e. The number of carbonyl (C=O) groups is 1. The first kappa shape index (κ1) is 12.1. The molecule has 1 amide bonds. The second-order valence-corrected chi connectivity index (χ2v) is 3.39. The van der Waals surface area contributed by atoms with E-state index in [4.69, 9.17) is 22.1 Å². The highest BCUT2D eigenvalue weighted by Gasteiger charge is 2.17. The molecule has 4 nitrogen and oxygen atoms in total. The van der Waals surface area contributed by atoms with E-state index < -0.39 is 0 Å². The first-order valence-corrected chi connectivity index (χ1v) is 4.53. The third-order valence-electron chi connectivity index (χ3n) is 2.00. The van der Waals surface area contributed by atoms with Gasteiger partial charge >= 0.3 is 0 Å². The van der Waals surface area contributed by atoms with E-state index in [0.717, 1.165) is 5.56 Å². The maximum absolute atomic E-state index is 11.0. The summed E-state index contributed by atoms with van der Waals surface area (Å²) in [4.78, 5) is 11.0. The van der Waals surface area contributed by atoms with Crippen LogP contribution in [-0.2, 0) is 11.3 Å². The van der Waals surface area contributed by atoms with Crippen molar-refractivity contribution in [3.63, 3.8) is 0 Å². The fourth-order valence-electron chi connectivity index (χ4n) is 1.30. The Labute approximate surface area is 98.1 Å². The molecule has 3 N–H and O–H groups in total. The zero-order valence-corrected chi connectivity index (χ0v) is 9.32. The summed E-state index contributed by atoms with van der Waals surface area (Å²) in [6.45, 7) is 0.368. The maximum atomic E-state index is 11.0. The lowest BCUT2D eigenvalue weighted by Crippen LogP contribution is -2.25. The van der Waals surface area contributed by atoms with E-state index in [0.29, 0.717) is 23.0 Å². The topological polar surface area (TPSA) is 64.3 Å². The van der Waals surface area contributed by atoms with Crippen LogP contribution in [0.15, 0.2) is 12.1 Å². The van der Waals surface area contributed by atoms with Gasteiger partial charge in [-0.2, -0.15) is 0 Å². The van der Waals surface area contributed by atoms with Crippen molar-refractivity contribution in [3.8, 4) is 5.75 Å². The third-order valence-corrected chi connectivity index (χ3v) is 2.35. The van der Waals surface area contributed by atoms with Crippen LogP contribution in [0.1, 0.15) is 5.56 Å². The molecule has 6 heteroatoms. The summed E-state index contributed by atoms with van der Waals surface area (Å²) in [5.41, 5.74) is 6.90. The van der Waals surface area contributed by atoms with E-state index in [2.05, 4.69) is 5.32 Å². The first-order valence-electron chi connectivity index (χ1n) is 4.16. The van der Waals surface area contributed by atoms with Crippen LogP contribution >= 0.6 is 24.0 Å². The fourth-order valence-corrected chi connectivity index (χ4v) is 1.53. The van der Waals surface area contributed by atoms with Crippen molar-refractivity contribution in [2.45, 2.75) is 6.54 Å². The molecule has 15 heavy (non-hydrogen) atoms. The fraction of sp³-hybridized carbons (Fsp3) is 0.222. The summed E-state index contributed by atoms with van der Waals surface area (Å²) in [5.74, 6) is 0.426. The van der Waals surface area contributed by atoms with E-state index in [1.54, 1.807) is 12.1 Å². The van der Waals surface area contributed by atoms with Gasteiger partial charge in [0, 0.05) is 17.6 Å². The maximum Gasteiger partial charge on any atom is 0.262 e. The molecule has 0 aromatic heterocycles. The number of fused-ring (bicyclic) bond motifs is 1. The van der Waals surface area contributed by atoms with Gasteiger partial charge in [0.1, 0.15) is 5.75 Å². The molecule has 0 saturated heterocycles. The molecule has 0 atom stereocenters. The second-order valence-electron chi connectivity index (χ2n) is 2.98. The summed E-state index contributed by atoms with van der Waals surface area (Å²) in [5, 5.41) is 3.24. The average Bonchev–Trinajstić information content (AvgIpc) is 2.17. The van der Waals surface area contributed by atoms with Crippen LogP contribution in [0, 0.1) is 0 Å². The van der Waals surface area contributed by atoms with E-state index in [1.807, 2.05) is 0 Å². The Kier molecular flexibility index (Phi) is 3.79. The molecule has 0 spiro atoms. The van der Waals surface area contributed by atoms with Crippen LogP contribution in [0.25, 0.3) is 0 Å². The van der Waals surface area contributed by atoms with Crippen molar-refractivity contribution < 1.29 is 9.53 Å². The molecule has 1 aromatic rings. The van der Waals surface area contributed by atoms with Crippen molar-refractivity contribution in [2.75, 3.05) is 11.9 Å². The Morgan fingerprint density at radius 1 is 1.53 bits per heavy atom. The normalized spacial score (nSPS) is 13.3. The molecular formula is C9H10Cl2N2O2. The van der Waals surface area contributed by atoms with Crippen molar-refractivity contribution in [2.24, 2.45) is 5.73 Å². The summed E-state index contributed by atoms with van der Waals surface area (Å²) >= 11 is 5.93. The zero-order valence-electron chi connectivity index (χ0n) is 7.75. The number of hydrogen-bond acceptors (Lipinski definition) is 3. The highest BCUT2D eigenvalue weighted by atomic mass is 35.5. The highest BCUT2D eigenvalue weighted by molar-refractivity contribution is 6.31. The monoisotopic (exact) mass is 248 g/mol. The van der Waals surface area contributed by atoms with Gasteiger partial charge < -0.3 is 15.8 Å². The zero-order chi connectivity index (χ0) is 10.1. The van der Waals surface area contributed by atoms with E-state index >= 15 is 0 Å². The minimum Gasteiger partial charge on any atom is -0.482 e. The molecule has 1 aliphatic heterocycles. The van der Waals surface area contributed by atoms with Gasteiger partial charge in [0.05, 0.1) is 5.69 Å². The molecule has 0 radical (unpaired) electrons. The van der Waals surface area contributed by atoms with Gasteiger partial charge in [0.25, 0.3) is 5.91 Å². The van der Waals surface area contributed by atoms with Gasteiger partial charge in [-0.25, -0.2) is 0 Å². The Bertz CT molecular complexity index is 396. The minimum atomic E-state index is -0.164. The summed E-state index contributed by atoms with van der Waals surface area (Å²) in [6.07, 6.45) is 0. The molecule has 2 rings (SSSR count). The quantitative estimate of drug-likeness (QED) is 0.793. The van der Waals surface area contributed by atoms with Crippen molar-refractivity contribution >= 4 is 35.6 Å². The lowest BCUT2D eigenvalue weighted by atomic mass is 10.1. The Morgan fingerprint density at radius 2 is 2.27 bits per heavy atom. The van der Waals surface area contributed by atoms with Gasteiger partial charge in [-0.15, -0.1) is 12.4 Å². The number of benzene rings is 1. The SMILES string of the molecule is Cl.NCc1cc2c(cc1Cl)OCC(=O)N2. The number of ether oxygens (including phenoxy) is 1. The number of halogens is 2. The predicted molar refractivity (Wildman–Crippen MR) is 60.7 cm³/mol. The van der Waals surface area contributed by atoms with E-state index in [-0.39, 0.29) is 24.9 Å². The molecule has 1 heterocycles. The number of nitrogens with one attached hydrogen (secondary N) is 1. The number of anilines is 1. The van der Waals surface area contributed by atoms with Gasteiger partial charge in [-0.05, 0) is 11.6 Å². The summed E-state index contributed by atoms with van der Waals surface area (Å²) in [7, 11) is 0. The second kappa shape index (κ2) is 4.70. The van der Waals surface area contributed by atoms with Crippen molar-refractivity contribution in [1.29, 1.82) is 0 Å². The molecule has 0 unspecified atom stereocenters. The molecular weight excluding hydrogens is 239 g/mol. The standard InChI is InChI=1S/C9H9ClN2O2.ClH/c10-6-2-8-7(1-5(6)3-11)12-9(13)4-14-8;/h1-2H,3-4,11H2,(H,12,13);1H. The number of carbonyl (C=O) groups excluding carboxylic acids is 1. The Balaban J connectivity index is 0.00000112. The Hall–Kier alpha value is -0.970. The van der Waals surface area contributed by atoms with E-state index in [1.165, 1.54) is 0 Å². The highest BCUT2D eigenvalue weighted by Crippen LogP contribution is 2.33. The lowest BCUT2D eigenvalue weighted by molar-refractivity contribution is -0.118. The molecule has 0 saturated carbocycles. The summed E-state index contributed by atoms with van der Waals surface area (Å²) in [6, 6.07) is 3.40. The third kappa shape index (κ3) is 2.34. The van der Waals surface area contributed by atoms with Crippen LogP contribution in [-0.4, -0.2) is 12.5 Å². The first-order chi connectivity index (χ1) is 6.70. The molecule has 82 valence electrons. The van der Waals surface area contributed by atoms with Gasteiger partial charge in [-0.3, -0.25) is 4.79 Å². The van der Waals surface area contributed by atoms with Crippen LogP contribution < -0.4 is 15.8 Å². The van der Waals surface area contributed by atoms with Gasteiger partial charge in [0.15, 0.2) is 6.61 Å². The number of amides is 1. The molecule has 0 bridgehead atoms. The smallest absolute Gasteiger partial charge is 0.262 e.